The van der Waals surface area contributed by atoms with Crippen molar-refractivity contribution in [2.75, 3.05) is 25.5 Å². The SMILES string of the molecule is CCNC(=O)CCc1ccc(N(C)C)cc1. The summed E-state index contributed by atoms with van der Waals surface area (Å²) in [6.07, 6.45) is 1.37. The van der Waals surface area contributed by atoms with Crippen LogP contribution in [0.15, 0.2) is 24.3 Å². The molecule has 1 N–H and O–H groups in total. The van der Waals surface area contributed by atoms with Gasteiger partial charge in [0.25, 0.3) is 0 Å². The largest absolute Gasteiger partial charge is 0.378 e. The quantitative estimate of drug-likeness (QED) is 0.821. The molecule has 0 atom stereocenters. The molecule has 0 fully saturated rings. The van der Waals surface area contributed by atoms with E-state index >= 15 is 0 Å². The lowest BCUT2D eigenvalue weighted by molar-refractivity contribution is -0.120. The van der Waals surface area contributed by atoms with Crippen molar-refractivity contribution in [2.45, 2.75) is 19.8 Å². The average molecular weight is 220 g/mol. The van der Waals surface area contributed by atoms with Crippen molar-refractivity contribution in [1.29, 1.82) is 0 Å². The van der Waals surface area contributed by atoms with Gasteiger partial charge in [-0.05, 0) is 31.0 Å². The number of carbonyl (C=O) groups is 1. The van der Waals surface area contributed by atoms with E-state index in [1.54, 1.807) is 0 Å². The Kier molecular flexibility index (Phi) is 4.83. The minimum atomic E-state index is 0.124. The molecule has 88 valence electrons. The summed E-state index contributed by atoms with van der Waals surface area (Å²) in [5.74, 6) is 0.124. The molecule has 0 heterocycles. The van der Waals surface area contributed by atoms with Gasteiger partial charge in [-0.2, -0.15) is 0 Å². The van der Waals surface area contributed by atoms with Gasteiger partial charge in [0.15, 0.2) is 0 Å². The summed E-state index contributed by atoms with van der Waals surface area (Å²) in [6, 6.07) is 8.31. The highest BCUT2D eigenvalue weighted by Crippen LogP contribution is 2.13. The fraction of sp³-hybridized carbons (Fsp3) is 0.462. The first-order valence-corrected chi connectivity index (χ1v) is 5.66. The zero-order valence-corrected chi connectivity index (χ0v) is 10.3. The number of anilines is 1. The molecule has 1 aromatic carbocycles. The van der Waals surface area contributed by atoms with Gasteiger partial charge >= 0.3 is 0 Å². The predicted octanol–water partition coefficient (Wildman–Crippen LogP) is 1.82. The summed E-state index contributed by atoms with van der Waals surface area (Å²) in [4.78, 5) is 13.3. The number of aryl methyl sites for hydroxylation is 1. The van der Waals surface area contributed by atoms with E-state index in [1.807, 2.05) is 21.0 Å². The molecule has 0 aromatic heterocycles. The van der Waals surface area contributed by atoms with Gasteiger partial charge in [-0.15, -0.1) is 0 Å². The number of amides is 1. The van der Waals surface area contributed by atoms with E-state index in [0.29, 0.717) is 13.0 Å². The Balaban J connectivity index is 2.46. The van der Waals surface area contributed by atoms with Crippen LogP contribution in [0.5, 0.6) is 0 Å². The smallest absolute Gasteiger partial charge is 0.220 e. The minimum Gasteiger partial charge on any atom is -0.378 e. The van der Waals surface area contributed by atoms with Crippen LogP contribution < -0.4 is 10.2 Å². The van der Waals surface area contributed by atoms with Crippen molar-refractivity contribution in [3.8, 4) is 0 Å². The highest BCUT2D eigenvalue weighted by atomic mass is 16.1. The molecule has 0 aliphatic rings. The molecule has 0 aliphatic heterocycles. The molecule has 0 unspecified atom stereocenters. The maximum Gasteiger partial charge on any atom is 0.220 e. The van der Waals surface area contributed by atoms with Crippen LogP contribution in [0.25, 0.3) is 0 Å². The highest BCUT2D eigenvalue weighted by molar-refractivity contribution is 5.76. The number of hydrogen-bond donors (Lipinski definition) is 1. The molecule has 1 rings (SSSR count). The van der Waals surface area contributed by atoms with Crippen LogP contribution in [0, 0.1) is 0 Å². The number of nitrogens with one attached hydrogen (secondary N) is 1. The predicted molar refractivity (Wildman–Crippen MR) is 67.8 cm³/mol. The van der Waals surface area contributed by atoms with Crippen molar-refractivity contribution < 1.29 is 4.79 Å². The first-order chi connectivity index (χ1) is 7.63. The van der Waals surface area contributed by atoms with E-state index in [-0.39, 0.29) is 5.91 Å². The zero-order valence-electron chi connectivity index (χ0n) is 10.3. The summed E-state index contributed by atoms with van der Waals surface area (Å²) in [5.41, 5.74) is 2.39. The lowest BCUT2D eigenvalue weighted by Crippen LogP contribution is -2.22. The van der Waals surface area contributed by atoms with Gasteiger partial charge in [-0.25, -0.2) is 0 Å². The molecule has 0 spiro atoms. The molecule has 16 heavy (non-hydrogen) atoms. The molecular weight excluding hydrogens is 200 g/mol. The number of hydrogen-bond acceptors (Lipinski definition) is 2. The van der Waals surface area contributed by atoms with Crippen molar-refractivity contribution in [2.24, 2.45) is 0 Å². The molecule has 0 saturated heterocycles. The lowest BCUT2D eigenvalue weighted by atomic mass is 10.1. The van der Waals surface area contributed by atoms with E-state index in [1.165, 1.54) is 11.3 Å². The first kappa shape index (κ1) is 12.6. The summed E-state index contributed by atoms with van der Waals surface area (Å²) in [5, 5.41) is 2.80. The second-order valence-electron chi connectivity index (χ2n) is 4.01. The van der Waals surface area contributed by atoms with Gasteiger partial charge < -0.3 is 10.2 Å². The topological polar surface area (TPSA) is 32.3 Å². The summed E-state index contributed by atoms with van der Waals surface area (Å²) in [6.45, 7) is 2.64. The highest BCUT2D eigenvalue weighted by Gasteiger charge is 2.01. The summed E-state index contributed by atoms with van der Waals surface area (Å²) >= 11 is 0. The summed E-state index contributed by atoms with van der Waals surface area (Å²) in [7, 11) is 4.04. The monoisotopic (exact) mass is 220 g/mol. The fourth-order valence-electron chi connectivity index (χ4n) is 1.50. The van der Waals surface area contributed by atoms with Crippen molar-refractivity contribution in [3.05, 3.63) is 29.8 Å². The first-order valence-electron chi connectivity index (χ1n) is 5.66. The van der Waals surface area contributed by atoms with E-state index in [4.69, 9.17) is 0 Å². The van der Waals surface area contributed by atoms with Crippen LogP contribution in [-0.4, -0.2) is 26.5 Å². The van der Waals surface area contributed by atoms with Gasteiger partial charge in [-0.1, -0.05) is 12.1 Å². The third-order valence-electron chi connectivity index (χ3n) is 2.47. The Bertz CT molecular complexity index is 330. The van der Waals surface area contributed by atoms with Crippen LogP contribution in [0.1, 0.15) is 18.9 Å². The van der Waals surface area contributed by atoms with Crippen LogP contribution in [0.2, 0.25) is 0 Å². The van der Waals surface area contributed by atoms with Gasteiger partial charge in [0.1, 0.15) is 0 Å². The molecule has 0 bridgehead atoms. The van der Waals surface area contributed by atoms with E-state index in [9.17, 15) is 4.79 Å². The van der Waals surface area contributed by atoms with Gasteiger partial charge in [0.2, 0.25) is 5.91 Å². The zero-order chi connectivity index (χ0) is 12.0. The Morgan fingerprint density at radius 3 is 2.38 bits per heavy atom. The van der Waals surface area contributed by atoms with Crippen LogP contribution in [-0.2, 0) is 11.2 Å². The third-order valence-corrected chi connectivity index (χ3v) is 2.47. The van der Waals surface area contributed by atoms with Crippen molar-refractivity contribution in [1.82, 2.24) is 5.32 Å². The third kappa shape index (κ3) is 3.93. The standard InChI is InChI=1S/C13H20N2O/c1-4-14-13(16)10-7-11-5-8-12(9-6-11)15(2)3/h5-6,8-9H,4,7,10H2,1-3H3,(H,14,16). The molecule has 1 aromatic rings. The van der Waals surface area contributed by atoms with E-state index in [0.717, 1.165) is 6.42 Å². The molecule has 0 saturated carbocycles. The minimum absolute atomic E-state index is 0.124. The van der Waals surface area contributed by atoms with E-state index < -0.39 is 0 Å². The van der Waals surface area contributed by atoms with Gasteiger partial charge in [0.05, 0.1) is 0 Å². The number of benzene rings is 1. The Hall–Kier alpha value is -1.51. The molecule has 3 nitrogen and oxygen atoms in total. The molecule has 0 radical (unpaired) electrons. The normalized spacial score (nSPS) is 9.94. The number of carbonyl (C=O) groups excluding carboxylic acids is 1. The van der Waals surface area contributed by atoms with E-state index in [2.05, 4.69) is 34.5 Å². The number of nitrogens with zero attached hydrogens (tertiary/aromatic N) is 1. The fourth-order valence-corrected chi connectivity index (χ4v) is 1.50. The van der Waals surface area contributed by atoms with Crippen LogP contribution in [0.3, 0.4) is 0 Å². The molecule has 1 amide bonds. The maximum absolute atomic E-state index is 11.3. The molecule has 0 aliphatic carbocycles. The average Bonchev–Trinajstić information content (AvgIpc) is 2.27. The van der Waals surface area contributed by atoms with Crippen molar-refractivity contribution >= 4 is 11.6 Å². The van der Waals surface area contributed by atoms with Crippen LogP contribution in [0.4, 0.5) is 5.69 Å². The van der Waals surface area contributed by atoms with Gasteiger partial charge in [-0.3, -0.25) is 4.79 Å². The Labute approximate surface area is 97.5 Å². The van der Waals surface area contributed by atoms with Gasteiger partial charge in [0, 0.05) is 32.7 Å². The summed E-state index contributed by atoms with van der Waals surface area (Å²) < 4.78 is 0. The second kappa shape index (κ2) is 6.16. The lowest BCUT2D eigenvalue weighted by Gasteiger charge is -2.12. The maximum atomic E-state index is 11.3. The second-order valence-corrected chi connectivity index (χ2v) is 4.01. The van der Waals surface area contributed by atoms with Crippen molar-refractivity contribution in [3.63, 3.8) is 0 Å². The number of rotatable bonds is 5. The Morgan fingerprint density at radius 1 is 1.25 bits per heavy atom. The molecule has 3 heteroatoms. The molecular formula is C13H20N2O. The Morgan fingerprint density at radius 2 is 1.88 bits per heavy atom. The van der Waals surface area contributed by atoms with Crippen LogP contribution >= 0.6 is 0 Å².